The highest BCUT2D eigenvalue weighted by Gasteiger charge is 2.81. The van der Waals surface area contributed by atoms with E-state index >= 15 is 0 Å². The first kappa shape index (κ1) is 29.3. The van der Waals surface area contributed by atoms with Crippen molar-refractivity contribution in [2.24, 2.45) is 29.1 Å². The molecule has 226 valence electrons. The van der Waals surface area contributed by atoms with Crippen LogP contribution in [-0.2, 0) is 28.7 Å². The zero-order chi connectivity index (χ0) is 32.0. The predicted octanol–water partition coefficient (Wildman–Crippen LogP) is 3.46. The molecule has 3 aliphatic carbocycles. The molecule has 2 aromatic rings. The lowest BCUT2D eigenvalue weighted by Crippen LogP contribution is -2.67. The molecular formula is C29H23BrN4O10. The molecule has 1 saturated carbocycles. The largest absolute Gasteiger partial charge is 0.463 e. The van der Waals surface area contributed by atoms with Gasteiger partial charge in [-0.05, 0) is 43.7 Å². The van der Waals surface area contributed by atoms with Crippen LogP contribution in [0.4, 0.5) is 22.7 Å². The fourth-order valence-electron chi connectivity index (χ4n) is 7.69. The number of rotatable bonds is 6. The summed E-state index contributed by atoms with van der Waals surface area (Å²) < 4.78 is 3.69. The van der Waals surface area contributed by atoms with Gasteiger partial charge in [0.2, 0.25) is 23.6 Å². The smallest absolute Gasteiger partial charge is 0.334 e. The molecule has 4 atom stereocenters. The van der Waals surface area contributed by atoms with E-state index in [1.165, 1.54) is 31.2 Å². The molecule has 4 amide bonds. The number of allylic oxidation sites excluding steroid dienone is 1. The number of amides is 4. The van der Waals surface area contributed by atoms with Crippen LogP contribution in [0.5, 0.6) is 0 Å². The quantitative estimate of drug-likeness (QED) is 0.145. The molecule has 0 aromatic heterocycles. The molecule has 2 saturated heterocycles. The van der Waals surface area contributed by atoms with Crippen molar-refractivity contribution in [3.8, 4) is 0 Å². The van der Waals surface area contributed by atoms with Gasteiger partial charge in [-0.1, -0.05) is 22.9 Å². The van der Waals surface area contributed by atoms with E-state index in [1.54, 1.807) is 13.8 Å². The fourth-order valence-corrected chi connectivity index (χ4v) is 8.80. The number of anilines is 2. The Bertz CT molecular complexity index is 1650. The Morgan fingerprint density at radius 1 is 0.795 bits per heavy atom. The van der Waals surface area contributed by atoms with E-state index in [0.717, 1.165) is 34.1 Å². The van der Waals surface area contributed by atoms with Gasteiger partial charge in [0, 0.05) is 35.3 Å². The van der Waals surface area contributed by atoms with Crippen LogP contribution in [0.1, 0.15) is 20.8 Å². The molecule has 44 heavy (non-hydrogen) atoms. The average Bonchev–Trinajstić information content (AvgIpc) is 3.42. The van der Waals surface area contributed by atoms with Crippen LogP contribution in [0.3, 0.4) is 0 Å². The van der Waals surface area contributed by atoms with Crippen LogP contribution < -0.4 is 9.80 Å². The lowest BCUT2D eigenvalue weighted by molar-refractivity contribution is -0.385. The van der Waals surface area contributed by atoms with Crippen LogP contribution in [0.25, 0.3) is 0 Å². The summed E-state index contributed by atoms with van der Waals surface area (Å²) in [6, 6.07) is 9.63. The minimum absolute atomic E-state index is 0.0112. The molecule has 0 spiro atoms. The Kier molecular flexibility index (Phi) is 6.39. The molecule has 2 aromatic carbocycles. The Hall–Kier alpha value is -4.79. The minimum Gasteiger partial charge on any atom is -0.463 e. The molecule has 7 rings (SSSR count). The number of halogens is 1. The van der Waals surface area contributed by atoms with E-state index < -0.39 is 72.9 Å². The SMILES string of the molecule is CCOC(=O)C1=C(C)C2(Br)[C@@H]3C(=O)N(c4ccc([N+](=O)[O-])cc4)C(=O)[C@@H]3C1(C)[C@H]1C(=O)N(c3ccc([N+](=O)[O-])cc3)C(=O)[C@H]12. The van der Waals surface area contributed by atoms with E-state index in [9.17, 15) is 44.2 Å². The summed E-state index contributed by atoms with van der Waals surface area (Å²) in [5.41, 5.74) is -1.79. The van der Waals surface area contributed by atoms with Crippen LogP contribution in [0.15, 0.2) is 59.7 Å². The topological polar surface area (TPSA) is 187 Å². The highest BCUT2D eigenvalue weighted by atomic mass is 79.9. The van der Waals surface area contributed by atoms with Gasteiger partial charge >= 0.3 is 5.97 Å². The summed E-state index contributed by atoms with van der Waals surface area (Å²) in [4.78, 5) is 93.4. The summed E-state index contributed by atoms with van der Waals surface area (Å²) in [5.74, 6) is -8.71. The number of alkyl halides is 1. The number of esters is 1. The number of hydrogen-bond acceptors (Lipinski definition) is 10. The molecule has 3 fully saturated rings. The van der Waals surface area contributed by atoms with Crippen molar-refractivity contribution >= 4 is 68.3 Å². The normalized spacial score (nSPS) is 30.5. The molecule has 14 nitrogen and oxygen atoms in total. The van der Waals surface area contributed by atoms with E-state index in [1.807, 2.05) is 0 Å². The second kappa shape index (κ2) is 9.61. The molecule has 0 radical (unpaired) electrons. The number of imide groups is 2. The van der Waals surface area contributed by atoms with Crippen molar-refractivity contribution in [3.63, 3.8) is 0 Å². The zero-order valence-corrected chi connectivity index (χ0v) is 25.0. The van der Waals surface area contributed by atoms with Gasteiger partial charge in [0.05, 0.1) is 55.8 Å². The van der Waals surface area contributed by atoms with E-state index in [2.05, 4.69) is 15.9 Å². The Morgan fingerprint density at radius 3 is 1.50 bits per heavy atom. The first-order valence-electron chi connectivity index (χ1n) is 13.5. The third-order valence-corrected chi connectivity index (χ3v) is 11.0. The summed E-state index contributed by atoms with van der Waals surface area (Å²) in [6.07, 6.45) is 0. The average molecular weight is 667 g/mol. The second-order valence-corrected chi connectivity index (χ2v) is 12.6. The third-order valence-electron chi connectivity index (χ3n) is 9.42. The summed E-state index contributed by atoms with van der Waals surface area (Å²) in [5, 5.41) is 22.4. The maximum Gasteiger partial charge on any atom is 0.334 e. The van der Waals surface area contributed by atoms with Crippen molar-refractivity contribution in [2.75, 3.05) is 16.4 Å². The van der Waals surface area contributed by atoms with Gasteiger partial charge in [0.25, 0.3) is 11.4 Å². The molecule has 5 aliphatic rings. The highest BCUT2D eigenvalue weighted by Crippen LogP contribution is 2.72. The second-order valence-electron chi connectivity index (χ2n) is 11.3. The van der Waals surface area contributed by atoms with Gasteiger partial charge in [-0.25, -0.2) is 14.6 Å². The molecule has 2 bridgehead atoms. The predicted molar refractivity (Wildman–Crippen MR) is 154 cm³/mol. The number of ether oxygens (including phenoxy) is 1. The van der Waals surface area contributed by atoms with Crippen LogP contribution in [-0.4, -0.2) is 50.4 Å². The summed E-state index contributed by atoms with van der Waals surface area (Å²) >= 11 is 3.65. The number of non-ortho nitro benzene ring substituents is 2. The zero-order valence-electron chi connectivity index (χ0n) is 23.4. The van der Waals surface area contributed by atoms with E-state index in [4.69, 9.17) is 4.74 Å². The molecule has 0 N–H and O–H groups in total. The van der Waals surface area contributed by atoms with Gasteiger partial charge in [0.15, 0.2) is 0 Å². The number of nitro groups is 2. The van der Waals surface area contributed by atoms with Crippen molar-refractivity contribution in [2.45, 2.75) is 25.1 Å². The molecular weight excluding hydrogens is 644 g/mol. The molecule has 15 heteroatoms. The van der Waals surface area contributed by atoms with Gasteiger partial charge < -0.3 is 4.74 Å². The Morgan fingerprint density at radius 2 is 1.16 bits per heavy atom. The van der Waals surface area contributed by atoms with Gasteiger partial charge in [-0.15, -0.1) is 0 Å². The first-order valence-corrected chi connectivity index (χ1v) is 14.3. The fraction of sp³-hybridized carbons (Fsp3) is 0.345. The Labute approximate surface area is 257 Å². The van der Waals surface area contributed by atoms with Crippen LogP contribution >= 0.6 is 15.9 Å². The van der Waals surface area contributed by atoms with Gasteiger partial charge in [-0.2, -0.15) is 0 Å². The Balaban J connectivity index is 1.54. The van der Waals surface area contributed by atoms with E-state index in [0.29, 0.717) is 0 Å². The number of nitrogens with zero attached hydrogens (tertiary/aromatic N) is 4. The summed E-state index contributed by atoms with van der Waals surface area (Å²) in [7, 11) is 0. The maximum atomic E-state index is 14.3. The minimum atomic E-state index is -1.69. The van der Waals surface area contributed by atoms with Crippen molar-refractivity contribution in [3.05, 3.63) is 79.9 Å². The first-order chi connectivity index (χ1) is 20.7. The number of nitro benzene ring substituents is 2. The highest BCUT2D eigenvalue weighted by molar-refractivity contribution is 9.10. The van der Waals surface area contributed by atoms with Crippen LogP contribution in [0, 0.1) is 49.3 Å². The number of benzene rings is 2. The monoisotopic (exact) mass is 666 g/mol. The summed E-state index contributed by atoms with van der Waals surface area (Å²) in [6.45, 7) is 4.64. The molecule has 2 aliphatic heterocycles. The molecule has 0 unspecified atom stereocenters. The lowest BCUT2D eigenvalue weighted by atomic mass is 9.43. The van der Waals surface area contributed by atoms with Crippen LogP contribution in [0.2, 0.25) is 0 Å². The number of hydrogen-bond donors (Lipinski definition) is 0. The lowest BCUT2D eigenvalue weighted by Gasteiger charge is -2.59. The standard InChI is InChI=1S/C29H23BrN4O10/c1-4-44-27(39)18-13(2)29(30)21-19(23(35)31(25(21)37)14-5-9-16(10-6-14)33(40)41)28(18,3)20-22(29)26(38)32(24(20)36)15-7-11-17(12-8-15)34(42)43/h5-12,19-22H,4H2,1-3H3/t19-,20-,21+,22+,28?,29?/m1/s1. The van der Waals surface area contributed by atoms with Crippen molar-refractivity contribution in [1.29, 1.82) is 0 Å². The van der Waals surface area contributed by atoms with Crippen molar-refractivity contribution < 1.29 is 38.6 Å². The van der Waals surface area contributed by atoms with Crippen molar-refractivity contribution in [1.82, 2.24) is 0 Å². The third kappa shape index (κ3) is 3.49. The number of carbonyl (C=O) groups excluding carboxylic acids is 5. The number of carbonyl (C=O) groups is 5. The van der Waals surface area contributed by atoms with Gasteiger partial charge in [0.1, 0.15) is 0 Å². The molecule has 2 heterocycles. The van der Waals surface area contributed by atoms with Gasteiger partial charge in [-0.3, -0.25) is 39.4 Å². The maximum absolute atomic E-state index is 14.3. The van der Waals surface area contributed by atoms with E-state index in [-0.39, 0.29) is 40.5 Å².